The van der Waals surface area contributed by atoms with Crippen molar-refractivity contribution in [2.24, 2.45) is 0 Å². The maximum atomic E-state index is 14.6. The second kappa shape index (κ2) is 11.2. The van der Waals surface area contributed by atoms with Gasteiger partial charge in [-0.1, -0.05) is 30.3 Å². The van der Waals surface area contributed by atoms with E-state index in [4.69, 9.17) is 10.2 Å². The molecule has 41 heavy (non-hydrogen) atoms. The van der Waals surface area contributed by atoms with Gasteiger partial charge in [0, 0.05) is 29.4 Å². The third-order valence-corrected chi connectivity index (χ3v) is 6.32. The highest BCUT2D eigenvalue weighted by atomic mass is 19.4. The first-order valence-corrected chi connectivity index (χ1v) is 12.3. The molecule has 0 atom stereocenters. The molecule has 12 heteroatoms. The number of hydrogen-bond donors (Lipinski definition) is 1. The molecule has 0 saturated heterocycles. The van der Waals surface area contributed by atoms with E-state index in [1.54, 1.807) is 16.7 Å². The van der Waals surface area contributed by atoms with Gasteiger partial charge in [0.05, 0.1) is 18.7 Å². The Morgan fingerprint density at radius 1 is 0.951 bits per heavy atom. The Morgan fingerprint density at radius 3 is 2.46 bits per heavy atom. The molecule has 5 aromatic rings. The number of halogens is 5. The van der Waals surface area contributed by atoms with Crippen LogP contribution in [0.2, 0.25) is 0 Å². The van der Waals surface area contributed by atoms with Crippen molar-refractivity contribution in [2.75, 3.05) is 5.73 Å². The fourth-order valence-corrected chi connectivity index (χ4v) is 4.19. The summed E-state index contributed by atoms with van der Waals surface area (Å²) in [7, 11) is 0. The fourth-order valence-electron chi connectivity index (χ4n) is 4.19. The molecule has 5 rings (SSSR count). The van der Waals surface area contributed by atoms with Crippen LogP contribution in [-0.2, 0) is 25.8 Å². The van der Waals surface area contributed by atoms with Crippen molar-refractivity contribution in [3.8, 4) is 11.3 Å². The van der Waals surface area contributed by atoms with Crippen molar-refractivity contribution in [3.63, 3.8) is 0 Å². The Morgan fingerprint density at radius 2 is 1.73 bits per heavy atom. The first kappa shape index (κ1) is 27.6. The van der Waals surface area contributed by atoms with Crippen molar-refractivity contribution >= 4 is 11.6 Å². The maximum Gasteiger partial charge on any atom is 0.416 e. The lowest BCUT2D eigenvalue weighted by atomic mass is 10.1. The Bertz CT molecular complexity index is 1680. The minimum absolute atomic E-state index is 0.0361. The average Bonchev–Trinajstić information content (AvgIpc) is 3.60. The van der Waals surface area contributed by atoms with E-state index in [2.05, 4.69) is 10.2 Å². The Labute approximate surface area is 230 Å². The molecule has 2 N–H and O–H groups in total. The topological polar surface area (TPSA) is 90.2 Å². The largest absolute Gasteiger partial charge is 0.451 e. The lowest BCUT2D eigenvalue weighted by Crippen LogP contribution is -2.31. The van der Waals surface area contributed by atoms with Crippen LogP contribution in [0.1, 0.15) is 33.1 Å². The third kappa shape index (κ3) is 6.43. The van der Waals surface area contributed by atoms with Gasteiger partial charge in [-0.3, -0.25) is 4.79 Å². The van der Waals surface area contributed by atoms with Gasteiger partial charge in [-0.05, 0) is 48.0 Å². The van der Waals surface area contributed by atoms with E-state index in [0.717, 1.165) is 23.8 Å². The highest BCUT2D eigenvalue weighted by Crippen LogP contribution is 2.33. The zero-order valence-corrected chi connectivity index (χ0v) is 21.3. The molecule has 2 heterocycles. The van der Waals surface area contributed by atoms with Gasteiger partial charge < -0.3 is 19.6 Å². The van der Waals surface area contributed by atoms with Gasteiger partial charge >= 0.3 is 6.18 Å². The summed E-state index contributed by atoms with van der Waals surface area (Å²) in [5.74, 6) is -2.10. The fraction of sp³-hybridized carbons (Fsp3) is 0.138. The number of nitrogens with zero attached hydrogens (tertiary/aromatic N) is 4. The number of nitrogen functional groups attached to an aromatic ring is 1. The maximum absolute atomic E-state index is 14.6. The molecule has 1 amide bonds. The van der Waals surface area contributed by atoms with Crippen LogP contribution in [0, 0.1) is 11.6 Å². The molecule has 0 spiro atoms. The van der Waals surface area contributed by atoms with Crippen LogP contribution in [-0.4, -0.2) is 25.6 Å². The number of rotatable bonds is 8. The molecule has 7 nitrogen and oxygen atoms in total. The van der Waals surface area contributed by atoms with E-state index in [1.165, 1.54) is 41.6 Å². The number of hydrogen-bond acceptors (Lipinski definition) is 5. The van der Waals surface area contributed by atoms with Crippen LogP contribution in [0.25, 0.3) is 11.3 Å². The third-order valence-electron chi connectivity index (χ3n) is 6.32. The number of carbonyl (C=O) groups excluding carboxylic acids is 1. The highest BCUT2D eigenvalue weighted by Gasteiger charge is 2.31. The predicted octanol–water partition coefficient (Wildman–Crippen LogP) is 6.31. The van der Waals surface area contributed by atoms with Crippen LogP contribution in [0.15, 0.2) is 89.6 Å². The van der Waals surface area contributed by atoms with Crippen molar-refractivity contribution in [2.45, 2.75) is 25.8 Å². The summed E-state index contributed by atoms with van der Waals surface area (Å²) in [6, 6.07) is 17.3. The Hall–Kier alpha value is -5.00. The number of anilines is 1. The van der Waals surface area contributed by atoms with Crippen molar-refractivity contribution < 1.29 is 31.2 Å². The SMILES string of the molecule is Nc1ccc(Cn2cnnc2CN(Cc2ccc(F)cc2F)C(=O)c2ccc(-c3cccc(C(F)(F)F)c3)o2)cc1. The monoisotopic (exact) mass is 567 g/mol. The molecule has 0 aliphatic rings. The molecule has 3 aromatic carbocycles. The van der Waals surface area contributed by atoms with Crippen LogP contribution < -0.4 is 5.73 Å². The second-order valence-corrected chi connectivity index (χ2v) is 9.26. The van der Waals surface area contributed by atoms with Gasteiger partial charge in [-0.15, -0.1) is 10.2 Å². The van der Waals surface area contributed by atoms with E-state index in [0.29, 0.717) is 24.1 Å². The van der Waals surface area contributed by atoms with E-state index >= 15 is 0 Å². The molecule has 2 aromatic heterocycles. The number of alkyl halides is 3. The molecule has 0 fully saturated rings. The van der Waals surface area contributed by atoms with Gasteiger partial charge in [0.15, 0.2) is 11.6 Å². The summed E-state index contributed by atoms with van der Waals surface area (Å²) in [6.07, 6.45) is -3.08. The lowest BCUT2D eigenvalue weighted by molar-refractivity contribution is -0.137. The van der Waals surface area contributed by atoms with Gasteiger partial charge in [0.2, 0.25) is 0 Å². The molecular weight excluding hydrogens is 545 g/mol. The normalized spacial score (nSPS) is 11.5. The lowest BCUT2D eigenvalue weighted by Gasteiger charge is -2.22. The van der Waals surface area contributed by atoms with Crippen LogP contribution in [0.3, 0.4) is 0 Å². The summed E-state index contributed by atoms with van der Waals surface area (Å²) >= 11 is 0. The zero-order valence-electron chi connectivity index (χ0n) is 21.3. The van der Waals surface area contributed by atoms with Crippen LogP contribution in [0.4, 0.5) is 27.6 Å². The number of furan rings is 1. The molecule has 0 saturated carbocycles. The predicted molar refractivity (Wildman–Crippen MR) is 139 cm³/mol. The smallest absolute Gasteiger partial charge is 0.416 e. The number of benzene rings is 3. The summed E-state index contributed by atoms with van der Waals surface area (Å²) in [4.78, 5) is 14.8. The van der Waals surface area contributed by atoms with Crippen molar-refractivity contribution in [1.82, 2.24) is 19.7 Å². The first-order chi connectivity index (χ1) is 19.6. The van der Waals surface area contributed by atoms with Crippen molar-refractivity contribution in [1.29, 1.82) is 0 Å². The Balaban J connectivity index is 1.44. The quantitative estimate of drug-likeness (QED) is 0.175. The van der Waals surface area contributed by atoms with E-state index in [1.807, 2.05) is 12.1 Å². The summed E-state index contributed by atoms with van der Waals surface area (Å²) in [6.45, 7) is -0.0561. The van der Waals surface area contributed by atoms with Gasteiger partial charge in [0.1, 0.15) is 23.7 Å². The van der Waals surface area contributed by atoms with Gasteiger partial charge in [0.25, 0.3) is 5.91 Å². The molecular formula is C29H22F5N5O2. The van der Waals surface area contributed by atoms with Crippen LogP contribution >= 0.6 is 0 Å². The zero-order chi connectivity index (χ0) is 29.1. The summed E-state index contributed by atoms with van der Waals surface area (Å²) < 4.78 is 75.0. The molecule has 0 radical (unpaired) electrons. The number of nitrogens with two attached hydrogens (primary N) is 1. The standard InChI is InChI=1S/C29H22F5N5O2/c30-22-7-6-20(24(31)13-22)15-38(16-27-37-36-17-39(27)14-18-4-8-23(35)9-5-18)28(40)26-11-10-25(41-26)19-2-1-3-21(12-19)29(32,33)34/h1-13,17H,14-16,35H2. The van der Waals surface area contributed by atoms with E-state index in [9.17, 15) is 26.7 Å². The van der Waals surface area contributed by atoms with E-state index in [-0.39, 0.29) is 35.7 Å². The molecule has 0 aliphatic heterocycles. The number of aromatic nitrogens is 3. The first-order valence-electron chi connectivity index (χ1n) is 12.3. The molecule has 0 unspecified atom stereocenters. The number of carbonyl (C=O) groups is 1. The average molecular weight is 568 g/mol. The second-order valence-electron chi connectivity index (χ2n) is 9.26. The minimum atomic E-state index is -4.56. The molecule has 0 aliphatic carbocycles. The molecule has 210 valence electrons. The summed E-state index contributed by atoms with van der Waals surface area (Å²) in [5.41, 5.74) is 6.53. The Kier molecular flexibility index (Phi) is 7.56. The van der Waals surface area contributed by atoms with Crippen LogP contribution in [0.5, 0.6) is 0 Å². The van der Waals surface area contributed by atoms with E-state index < -0.39 is 29.3 Å². The molecule has 0 bridgehead atoms. The highest BCUT2D eigenvalue weighted by molar-refractivity contribution is 5.92. The summed E-state index contributed by atoms with van der Waals surface area (Å²) in [5, 5.41) is 8.05. The van der Waals surface area contributed by atoms with Gasteiger partial charge in [-0.25, -0.2) is 8.78 Å². The number of amides is 1. The van der Waals surface area contributed by atoms with Gasteiger partial charge in [-0.2, -0.15) is 13.2 Å². The minimum Gasteiger partial charge on any atom is -0.451 e. The van der Waals surface area contributed by atoms with Crippen molar-refractivity contribution in [3.05, 3.63) is 125 Å².